The number of rotatable bonds is 4. The first-order valence-electron chi connectivity index (χ1n) is 6.00. The predicted molar refractivity (Wildman–Crippen MR) is 68.5 cm³/mol. The number of carbonyl (C=O) groups is 1. The van der Waals surface area contributed by atoms with E-state index in [4.69, 9.17) is 11.6 Å². The van der Waals surface area contributed by atoms with Crippen LogP contribution in [0.4, 0.5) is 4.79 Å². The van der Waals surface area contributed by atoms with E-state index in [1.54, 1.807) is 31.2 Å². The maximum absolute atomic E-state index is 11.4. The molecule has 1 aromatic carbocycles. The highest BCUT2D eigenvalue weighted by atomic mass is 35.5. The van der Waals surface area contributed by atoms with Gasteiger partial charge >= 0.3 is 6.09 Å². The van der Waals surface area contributed by atoms with Gasteiger partial charge in [0.15, 0.2) is 5.72 Å². The molecule has 0 heterocycles. The third-order valence-electron chi connectivity index (χ3n) is 3.31. The fourth-order valence-corrected chi connectivity index (χ4v) is 2.51. The van der Waals surface area contributed by atoms with Gasteiger partial charge in [-0.05, 0) is 25.3 Å². The number of hydrogen-bond acceptors (Lipinski definition) is 2. The SMILES string of the molecule is CC[C@@](O)(c1ccccc1Cl)N(C(=O)O)C1CC1. The number of benzene rings is 1. The molecule has 5 heteroatoms. The number of nitrogens with zero attached hydrogens (tertiary/aromatic N) is 1. The molecular weight excluding hydrogens is 254 g/mol. The Morgan fingerprint density at radius 1 is 1.50 bits per heavy atom. The molecule has 4 nitrogen and oxygen atoms in total. The summed E-state index contributed by atoms with van der Waals surface area (Å²) in [5, 5.41) is 20.5. The van der Waals surface area contributed by atoms with Crippen molar-refractivity contribution in [2.24, 2.45) is 0 Å². The standard InChI is InChI=1S/C13H16ClNO3/c1-2-13(18,10-5-3-4-6-11(10)14)15(12(16)17)9-7-8-9/h3-6,9,18H,2,7-8H2,1H3,(H,16,17)/t13-/m1/s1. The normalized spacial score (nSPS) is 18.2. The van der Waals surface area contributed by atoms with Gasteiger partial charge in [-0.15, -0.1) is 0 Å². The molecule has 1 amide bonds. The monoisotopic (exact) mass is 269 g/mol. The van der Waals surface area contributed by atoms with Crippen molar-refractivity contribution in [3.63, 3.8) is 0 Å². The predicted octanol–water partition coefficient (Wildman–Crippen LogP) is 3.04. The lowest BCUT2D eigenvalue weighted by molar-refractivity contribution is -0.106. The molecule has 0 unspecified atom stereocenters. The Bertz CT molecular complexity index is 461. The van der Waals surface area contributed by atoms with Gasteiger partial charge in [-0.1, -0.05) is 36.7 Å². The molecule has 1 fully saturated rings. The lowest BCUT2D eigenvalue weighted by Gasteiger charge is -2.38. The topological polar surface area (TPSA) is 60.8 Å². The Morgan fingerprint density at radius 2 is 2.11 bits per heavy atom. The van der Waals surface area contributed by atoms with E-state index in [1.165, 1.54) is 0 Å². The van der Waals surface area contributed by atoms with E-state index in [1.807, 2.05) is 0 Å². The van der Waals surface area contributed by atoms with Crippen LogP contribution >= 0.6 is 11.6 Å². The summed E-state index contributed by atoms with van der Waals surface area (Å²) in [6.45, 7) is 1.75. The van der Waals surface area contributed by atoms with Crippen molar-refractivity contribution in [1.29, 1.82) is 0 Å². The summed E-state index contributed by atoms with van der Waals surface area (Å²) >= 11 is 6.08. The number of hydrogen-bond donors (Lipinski definition) is 2. The number of carboxylic acid groups (broad SMARTS) is 1. The van der Waals surface area contributed by atoms with Crippen molar-refractivity contribution in [2.75, 3.05) is 0 Å². The second-order valence-corrected chi connectivity index (χ2v) is 4.94. The average Bonchev–Trinajstić information content (AvgIpc) is 3.13. The van der Waals surface area contributed by atoms with Gasteiger partial charge in [-0.3, -0.25) is 4.90 Å². The van der Waals surface area contributed by atoms with Gasteiger partial charge < -0.3 is 10.2 Å². The highest BCUT2D eigenvalue weighted by Gasteiger charge is 2.47. The number of aliphatic hydroxyl groups is 1. The first-order chi connectivity index (χ1) is 8.50. The molecule has 1 aromatic rings. The molecule has 98 valence electrons. The van der Waals surface area contributed by atoms with E-state index in [2.05, 4.69) is 0 Å². The van der Waals surface area contributed by atoms with Crippen molar-refractivity contribution in [3.05, 3.63) is 34.9 Å². The molecule has 0 aromatic heterocycles. The van der Waals surface area contributed by atoms with E-state index in [-0.39, 0.29) is 12.5 Å². The van der Waals surface area contributed by atoms with Crippen molar-refractivity contribution in [3.8, 4) is 0 Å². The van der Waals surface area contributed by atoms with Crippen molar-refractivity contribution < 1.29 is 15.0 Å². The molecule has 1 aliphatic carbocycles. The lowest BCUT2D eigenvalue weighted by Crippen LogP contribution is -2.50. The molecule has 0 bridgehead atoms. The zero-order valence-electron chi connectivity index (χ0n) is 10.1. The maximum atomic E-state index is 11.4. The van der Waals surface area contributed by atoms with Gasteiger partial charge in [0.1, 0.15) is 0 Å². The van der Waals surface area contributed by atoms with Gasteiger partial charge in [0.05, 0.1) is 0 Å². The summed E-state index contributed by atoms with van der Waals surface area (Å²) in [6.07, 6.45) is 0.735. The average molecular weight is 270 g/mol. The largest absolute Gasteiger partial charge is 0.465 e. The van der Waals surface area contributed by atoms with Crippen LogP contribution in [0, 0.1) is 0 Å². The molecule has 1 saturated carbocycles. The summed E-state index contributed by atoms with van der Waals surface area (Å²) in [5.41, 5.74) is -1.10. The van der Waals surface area contributed by atoms with E-state index in [0.29, 0.717) is 10.6 Å². The maximum Gasteiger partial charge on any atom is 0.410 e. The molecular formula is C13H16ClNO3. The minimum Gasteiger partial charge on any atom is -0.465 e. The highest BCUT2D eigenvalue weighted by molar-refractivity contribution is 6.31. The summed E-state index contributed by atoms with van der Waals surface area (Å²) < 4.78 is 0. The first kappa shape index (κ1) is 13.2. The van der Waals surface area contributed by atoms with Gasteiger partial charge in [-0.2, -0.15) is 0 Å². The molecule has 1 aliphatic rings. The summed E-state index contributed by atoms with van der Waals surface area (Å²) in [7, 11) is 0. The lowest BCUT2D eigenvalue weighted by atomic mass is 9.98. The molecule has 0 aliphatic heterocycles. The Balaban J connectivity index is 2.46. The van der Waals surface area contributed by atoms with E-state index in [9.17, 15) is 15.0 Å². The summed E-state index contributed by atoms with van der Waals surface area (Å²) in [5.74, 6) is 0. The van der Waals surface area contributed by atoms with Crippen LogP contribution in [0.15, 0.2) is 24.3 Å². The summed E-state index contributed by atoms with van der Waals surface area (Å²) in [4.78, 5) is 12.5. The quantitative estimate of drug-likeness (QED) is 0.826. The third-order valence-corrected chi connectivity index (χ3v) is 3.64. The van der Waals surface area contributed by atoms with Crippen LogP contribution in [0.25, 0.3) is 0 Å². The molecule has 0 spiro atoms. The smallest absolute Gasteiger partial charge is 0.410 e. The van der Waals surface area contributed by atoms with E-state index >= 15 is 0 Å². The van der Waals surface area contributed by atoms with Crippen LogP contribution in [0.5, 0.6) is 0 Å². The van der Waals surface area contributed by atoms with Crippen LogP contribution < -0.4 is 0 Å². The summed E-state index contributed by atoms with van der Waals surface area (Å²) in [6, 6.07) is 6.72. The minimum atomic E-state index is -1.55. The van der Waals surface area contributed by atoms with Crippen molar-refractivity contribution >= 4 is 17.7 Å². The zero-order valence-corrected chi connectivity index (χ0v) is 10.9. The van der Waals surface area contributed by atoms with Gasteiger partial charge in [-0.25, -0.2) is 4.79 Å². The van der Waals surface area contributed by atoms with Gasteiger partial charge in [0.25, 0.3) is 0 Å². The number of amides is 1. The van der Waals surface area contributed by atoms with Gasteiger partial charge in [0.2, 0.25) is 0 Å². The van der Waals surface area contributed by atoms with Crippen molar-refractivity contribution in [1.82, 2.24) is 4.90 Å². The highest BCUT2D eigenvalue weighted by Crippen LogP contribution is 2.41. The molecule has 2 N–H and O–H groups in total. The van der Waals surface area contributed by atoms with Crippen LogP contribution in [0.3, 0.4) is 0 Å². The number of halogens is 1. The van der Waals surface area contributed by atoms with E-state index in [0.717, 1.165) is 17.7 Å². The Labute approximate surface area is 111 Å². The Morgan fingerprint density at radius 3 is 2.56 bits per heavy atom. The fourth-order valence-electron chi connectivity index (χ4n) is 2.23. The Kier molecular flexibility index (Phi) is 3.50. The first-order valence-corrected chi connectivity index (χ1v) is 6.38. The molecule has 0 saturated heterocycles. The zero-order chi connectivity index (χ0) is 13.3. The molecule has 1 atom stereocenters. The second kappa shape index (κ2) is 4.78. The Hall–Kier alpha value is -1.26. The van der Waals surface area contributed by atoms with Crippen LogP contribution in [0.1, 0.15) is 31.7 Å². The third kappa shape index (κ3) is 2.18. The van der Waals surface area contributed by atoms with Gasteiger partial charge in [0, 0.05) is 16.6 Å². The minimum absolute atomic E-state index is 0.108. The fraction of sp³-hybridized carbons (Fsp3) is 0.462. The van der Waals surface area contributed by atoms with Crippen LogP contribution in [-0.2, 0) is 5.72 Å². The van der Waals surface area contributed by atoms with Crippen LogP contribution in [-0.4, -0.2) is 27.2 Å². The second-order valence-electron chi connectivity index (χ2n) is 4.53. The molecule has 2 rings (SSSR count). The van der Waals surface area contributed by atoms with E-state index < -0.39 is 11.8 Å². The van der Waals surface area contributed by atoms with Crippen molar-refractivity contribution in [2.45, 2.75) is 38.0 Å². The molecule has 0 radical (unpaired) electrons. The molecule has 18 heavy (non-hydrogen) atoms. The van der Waals surface area contributed by atoms with Crippen LogP contribution in [0.2, 0.25) is 5.02 Å².